The van der Waals surface area contributed by atoms with E-state index < -0.39 is 5.60 Å². The minimum Gasteiger partial charge on any atom is -0.440 e. The molecule has 4 heteroatoms. The molecular formula is C15H19NO3. The van der Waals surface area contributed by atoms with Gasteiger partial charge in [-0.05, 0) is 24.8 Å². The molecule has 1 aromatic rings. The van der Waals surface area contributed by atoms with Crippen LogP contribution in [0.5, 0.6) is 0 Å². The van der Waals surface area contributed by atoms with E-state index in [4.69, 9.17) is 9.47 Å². The summed E-state index contributed by atoms with van der Waals surface area (Å²) in [5.41, 5.74) is 0.742. The van der Waals surface area contributed by atoms with Crippen LogP contribution in [0.2, 0.25) is 0 Å². The lowest BCUT2D eigenvalue weighted by Gasteiger charge is -2.44. The molecule has 1 N–H and O–H groups in total. The van der Waals surface area contributed by atoms with Crippen LogP contribution >= 0.6 is 0 Å². The van der Waals surface area contributed by atoms with Crippen LogP contribution in [0.1, 0.15) is 31.2 Å². The number of carbonyl (C=O) groups is 1. The van der Waals surface area contributed by atoms with Crippen molar-refractivity contribution in [3.63, 3.8) is 0 Å². The van der Waals surface area contributed by atoms with Crippen molar-refractivity contribution in [2.45, 2.75) is 43.9 Å². The van der Waals surface area contributed by atoms with Gasteiger partial charge in [0.05, 0.1) is 13.2 Å². The second-order valence-corrected chi connectivity index (χ2v) is 5.49. The first kappa shape index (κ1) is 12.5. The van der Waals surface area contributed by atoms with E-state index >= 15 is 0 Å². The summed E-state index contributed by atoms with van der Waals surface area (Å²) in [6.45, 7) is 1.06. The highest BCUT2D eigenvalue weighted by Gasteiger charge is 2.44. The Bertz CT molecular complexity index is 448. The highest BCUT2D eigenvalue weighted by atomic mass is 16.6. The summed E-state index contributed by atoms with van der Waals surface area (Å²) < 4.78 is 11.3. The van der Waals surface area contributed by atoms with Gasteiger partial charge < -0.3 is 14.8 Å². The van der Waals surface area contributed by atoms with Crippen LogP contribution in [-0.2, 0) is 16.1 Å². The molecule has 1 saturated carbocycles. The summed E-state index contributed by atoms with van der Waals surface area (Å²) in [7, 11) is 0. The molecule has 19 heavy (non-hydrogen) atoms. The standard InChI is InChI=1S/C15H19NO3/c17-14-16-13-7-4-8-15(9-13,19-14)11-18-10-12-5-2-1-3-6-12/h1-3,5-6,13H,4,7-11H2,(H,16,17). The highest BCUT2D eigenvalue weighted by molar-refractivity contribution is 5.69. The van der Waals surface area contributed by atoms with E-state index in [-0.39, 0.29) is 12.1 Å². The van der Waals surface area contributed by atoms with Gasteiger partial charge in [0.2, 0.25) is 0 Å². The average molecular weight is 261 g/mol. The van der Waals surface area contributed by atoms with E-state index in [9.17, 15) is 4.79 Å². The number of hydrogen-bond acceptors (Lipinski definition) is 3. The van der Waals surface area contributed by atoms with Crippen LogP contribution in [-0.4, -0.2) is 24.3 Å². The predicted octanol–water partition coefficient (Wildman–Crippen LogP) is 2.62. The zero-order chi connectivity index (χ0) is 13.1. The Hall–Kier alpha value is -1.55. The molecule has 0 spiro atoms. The van der Waals surface area contributed by atoms with Crippen molar-refractivity contribution >= 4 is 6.09 Å². The SMILES string of the molecule is O=C1NC2CCCC(COCc3ccccc3)(C2)O1. The largest absolute Gasteiger partial charge is 0.440 e. The second kappa shape index (κ2) is 5.21. The predicted molar refractivity (Wildman–Crippen MR) is 70.7 cm³/mol. The zero-order valence-corrected chi connectivity index (χ0v) is 10.9. The molecule has 1 aromatic carbocycles. The Kier molecular flexibility index (Phi) is 3.42. The number of amides is 1. The van der Waals surface area contributed by atoms with Crippen molar-refractivity contribution in [2.24, 2.45) is 0 Å². The van der Waals surface area contributed by atoms with Crippen LogP contribution in [0, 0.1) is 0 Å². The van der Waals surface area contributed by atoms with Gasteiger partial charge in [0.25, 0.3) is 0 Å². The van der Waals surface area contributed by atoms with Gasteiger partial charge in [-0.1, -0.05) is 30.3 Å². The molecule has 1 aliphatic carbocycles. The van der Waals surface area contributed by atoms with Crippen molar-refractivity contribution in [2.75, 3.05) is 6.61 Å². The third-order valence-electron chi connectivity index (χ3n) is 3.91. The van der Waals surface area contributed by atoms with Crippen LogP contribution < -0.4 is 5.32 Å². The van der Waals surface area contributed by atoms with Crippen LogP contribution in [0.4, 0.5) is 4.79 Å². The third kappa shape index (κ3) is 2.89. The zero-order valence-electron chi connectivity index (χ0n) is 10.9. The Morgan fingerprint density at radius 1 is 1.37 bits per heavy atom. The maximum atomic E-state index is 11.5. The number of hydrogen-bond donors (Lipinski definition) is 1. The van der Waals surface area contributed by atoms with Crippen molar-refractivity contribution in [3.8, 4) is 0 Å². The van der Waals surface area contributed by atoms with Crippen LogP contribution in [0.25, 0.3) is 0 Å². The van der Waals surface area contributed by atoms with Gasteiger partial charge in [0.1, 0.15) is 5.60 Å². The molecule has 2 atom stereocenters. The number of ether oxygens (including phenoxy) is 2. The average Bonchev–Trinajstić information content (AvgIpc) is 2.39. The van der Waals surface area contributed by atoms with E-state index in [1.165, 1.54) is 0 Å². The number of carbonyl (C=O) groups excluding carboxylic acids is 1. The maximum absolute atomic E-state index is 11.5. The number of nitrogens with one attached hydrogen (secondary N) is 1. The first-order chi connectivity index (χ1) is 9.26. The number of alkyl carbamates (subject to hydrolysis) is 1. The molecule has 4 nitrogen and oxygen atoms in total. The smallest absolute Gasteiger partial charge is 0.407 e. The highest BCUT2D eigenvalue weighted by Crippen LogP contribution is 2.35. The van der Waals surface area contributed by atoms with Crippen molar-refractivity contribution in [3.05, 3.63) is 35.9 Å². The number of benzene rings is 1. The fraction of sp³-hybridized carbons (Fsp3) is 0.533. The molecule has 2 unspecified atom stereocenters. The molecule has 102 valence electrons. The normalized spacial score (nSPS) is 29.5. The van der Waals surface area contributed by atoms with E-state index in [1.807, 2.05) is 30.3 Å². The van der Waals surface area contributed by atoms with Crippen LogP contribution in [0.3, 0.4) is 0 Å². The maximum Gasteiger partial charge on any atom is 0.407 e. The summed E-state index contributed by atoms with van der Waals surface area (Å²) in [6, 6.07) is 10.3. The molecule has 2 bridgehead atoms. The lowest BCUT2D eigenvalue weighted by molar-refractivity contribution is -0.102. The summed E-state index contributed by atoms with van der Waals surface area (Å²) >= 11 is 0. The molecule has 1 aliphatic heterocycles. The minimum atomic E-state index is -0.403. The second-order valence-electron chi connectivity index (χ2n) is 5.49. The Labute approximate surface area is 113 Å². The van der Waals surface area contributed by atoms with Crippen molar-refractivity contribution in [1.29, 1.82) is 0 Å². The first-order valence-corrected chi connectivity index (χ1v) is 6.87. The van der Waals surface area contributed by atoms with E-state index in [0.29, 0.717) is 13.2 Å². The fourth-order valence-electron chi connectivity index (χ4n) is 3.02. The minimum absolute atomic E-state index is 0.260. The summed E-state index contributed by atoms with van der Waals surface area (Å²) in [5.74, 6) is 0. The quantitative estimate of drug-likeness (QED) is 0.906. The summed E-state index contributed by atoms with van der Waals surface area (Å²) in [4.78, 5) is 11.5. The number of rotatable bonds is 4. The summed E-state index contributed by atoms with van der Waals surface area (Å²) in [5, 5.41) is 2.86. The first-order valence-electron chi connectivity index (χ1n) is 6.87. The summed E-state index contributed by atoms with van der Waals surface area (Å²) in [6.07, 6.45) is 3.62. The molecule has 2 aliphatic rings. The topological polar surface area (TPSA) is 47.6 Å². The fourth-order valence-corrected chi connectivity index (χ4v) is 3.02. The van der Waals surface area contributed by atoms with Gasteiger partial charge in [-0.3, -0.25) is 0 Å². The molecule has 1 heterocycles. The molecule has 0 aromatic heterocycles. The van der Waals surface area contributed by atoms with Gasteiger partial charge in [0.15, 0.2) is 0 Å². The molecule has 0 radical (unpaired) electrons. The Morgan fingerprint density at radius 3 is 3.05 bits per heavy atom. The Morgan fingerprint density at radius 2 is 2.21 bits per heavy atom. The molecular weight excluding hydrogens is 242 g/mol. The van der Waals surface area contributed by atoms with E-state index in [1.54, 1.807) is 0 Å². The van der Waals surface area contributed by atoms with E-state index in [2.05, 4.69) is 5.32 Å². The van der Waals surface area contributed by atoms with Crippen molar-refractivity contribution in [1.82, 2.24) is 5.32 Å². The lowest BCUT2D eigenvalue weighted by atomic mass is 9.81. The third-order valence-corrected chi connectivity index (χ3v) is 3.91. The molecule has 1 amide bonds. The van der Waals surface area contributed by atoms with E-state index in [0.717, 1.165) is 31.2 Å². The van der Waals surface area contributed by atoms with Crippen molar-refractivity contribution < 1.29 is 14.3 Å². The lowest BCUT2D eigenvalue weighted by Crippen LogP contribution is -2.57. The van der Waals surface area contributed by atoms with Gasteiger partial charge in [-0.2, -0.15) is 0 Å². The molecule has 3 rings (SSSR count). The number of fused-ring (bicyclic) bond motifs is 2. The van der Waals surface area contributed by atoms with Gasteiger partial charge in [0, 0.05) is 12.5 Å². The van der Waals surface area contributed by atoms with Crippen LogP contribution in [0.15, 0.2) is 30.3 Å². The van der Waals surface area contributed by atoms with Gasteiger partial charge in [-0.15, -0.1) is 0 Å². The molecule has 2 fully saturated rings. The van der Waals surface area contributed by atoms with Gasteiger partial charge >= 0.3 is 6.09 Å². The Balaban J connectivity index is 1.57. The van der Waals surface area contributed by atoms with Gasteiger partial charge in [-0.25, -0.2) is 4.79 Å². The molecule has 1 saturated heterocycles. The monoisotopic (exact) mass is 261 g/mol.